The van der Waals surface area contributed by atoms with Crippen LogP contribution in [0, 0.1) is 0 Å². The van der Waals surface area contributed by atoms with Crippen LogP contribution >= 0.6 is 0 Å². The number of carbonyl (C=O) groups excluding carboxylic acids is 2. The van der Waals surface area contributed by atoms with E-state index in [0.717, 1.165) is 13.1 Å². The highest BCUT2D eigenvalue weighted by Crippen LogP contribution is 2.21. The van der Waals surface area contributed by atoms with E-state index in [1.807, 2.05) is 13.8 Å². The first-order valence-corrected chi connectivity index (χ1v) is 6.68. The van der Waals surface area contributed by atoms with Crippen LogP contribution in [-0.4, -0.2) is 48.0 Å². The Morgan fingerprint density at radius 2 is 1.80 bits per heavy atom. The second kappa shape index (κ2) is 8.16. The highest BCUT2D eigenvalue weighted by Gasteiger charge is 2.14. The van der Waals surface area contributed by atoms with Gasteiger partial charge in [-0.3, -0.25) is 9.59 Å². The SMILES string of the molecule is CCN(CC)CCNC(=O)C(=O)Nc1ccccc1O. The molecule has 0 saturated carbocycles. The number of amides is 2. The molecule has 0 aromatic heterocycles. The molecule has 0 atom stereocenters. The van der Waals surface area contributed by atoms with Crippen molar-refractivity contribution in [3.8, 4) is 5.75 Å². The van der Waals surface area contributed by atoms with Gasteiger partial charge >= 0.3 is 11.8 Å². The Hall–Kier alpha value is -2.08. The number of likely N-dealkylation sites (N-methyl/N-ethyl adjacent to an activating group) is 1. The van der Waals surface area contributed by atoms with E-state index in [-0.39, 0.29) is 11.4 Å². The van der Waals surface area contributed by atoms with E-state index in [1.165, 1.54) is 12.1 Å². The first kappa shape index (κ1) is 16.0. The Bertz CT molecular complexity index is 459. The van der Waals surface area contributed by atoms with E-state index >= 15 is 0 Å². The molecule has 0 aliphatic heterocycles. The summed E-state index contributed by atoms with van der Waals surface area (Å²) in [5, 5.41) is 14.4. The second-order valence-corrected chi connectivity index (χ2v) is 4.25. The number of carbonyl (C=O) groups is 2. The summed E-state index contributed by atoms with van der Waals surface area (Å²) in [4.78, 5) is 25.4. The zero-order valence-electron chi connectivity index (χ0n) is 11.8. The van der Waals surface area contributed by atoms with E-state index in [1.54, 1.807) is 12.1 Å². The molecular formula is C14H21N3O3. The molecule has 1 rings (SSSR count). The molecule has 0 heterocycles. The van der Waals surface area contributed by atoms with Crippen LogP contribution in [0.3, 0.4) is 0 Å². The molecule has 110 valence electrons. The Morgan fingerprint density at radius 1 is 1.15 bits per heavy atom. The summed E-state index contributed by atoms with van der Waals surface area (Å²) in [6.45, 7) is 6.98. The fourth-order valence-electron chi connectivity index (χ4n) is 1.71. The van der Waals surface area contributed by atoms with Gasteiger partial charge in [0, 0.05) is 13.1 Å². The maximum Gasteiger partial charge on any atom is 0.313 e. The maximum absolute atomic E-state index is 11.6. The molecule has 0 saturated heterocycles. The van der Waals surface area contributed by atoms with Crippen LogP contribution in [0.2, 0.25) is 0 Å². The van der Waals surface area contributed by atoms with E-state index in [2.05, 4.69) is 15.5 Å². The lowest BCUT2D eigenvalue weighted by atomic mass is 10.3. The monoisotopic (exact) mass is 279 g/mol. The first-order chi connectivity index (χ1) is 9.58. The van der Waals surface area contributed by atoms with Gasteiger partial charge in [-0.15, -0.1) is 0 Å². The molecule has 0 spiro atoms. The number of nitrogens with zero attached hydrogens (tertiary/aromatic N) is 1. The molecule has 0 unspecified atom stereocenters. The predicted molar refractivity (Wildman–Crippen MR) is 77.5 cm³/mol. The molecule has 0 fully saturated rings. The van der Waals surface area contributed by atoms with E-state index in [4.69, 9.17) is 0 Å². The zero-order valence-corrected chi connectivity index (χ0v) is 11.8. The first-order valence-electron chi connectivity index (χ1n) is 6.68. The van der Waals surface area contributed by atoms with Gasteiger partial charge in [-0.1, -0.05) is 26.0 Å². The highest BCUT2D eigenvalue weighted by atomic mass is 16.3. The van der Waals surface area contributed by atoms with Crippen molar-refractivity contribution in [3.05, 3.63) is 24.3 Å². The Morgan fingerprint density at radius 3 is 2.40 bits per heavy atom. The minimum atomic E-state index is -0.786. The molecular weight excluding hydrogens is 258 g/mol. The number of hydrogen-bond donors (Lipinski definition) is 3. The molecule has 6 heteroatoms. The predicted octanol–water partition coefficient (Wildman–Crippen LogP) is 0.789. The fraction of sp³-hybridized carbons (Fsp3) is 0.429. The van der Waals surface area contributed by atoms with Gasteiger partial charge in [0.1, 0.15) is 5.75 Å². The number of para-hydroxylation sites is 2. The highest BCUT2D eigenvalue weighted by molar-refractivity contribution is 6.39. The molecule has 3 N–H and O–H groups in total. The van der Waals surface area contributed by atoms with Gasteiger partial charge < -0.3 is 20.6 Å². The molecule has 1 aromatic rings. The van der Waals surface area contributed by atoms with Gasteiger partial charge in [0.05, 0.1) is 5.69 Å². The van der Waals surface area contributed by atoms with Gasteiger partial charge in [0.2, 0.25) is 0 Å². The standard InChI is InChI=1S/C14H21N3O3/c1-3-17(4-2)10-9-15-13(19)14(20)16-11-7-5-6-8-12(11)18/h5-8,18H,3-4,9-10H2,1-2H3,(H,15,19)(H,16,20). The number of phenolic OH excluding ortho intramolecular Hbond substituents is 1. The third-order valence-electron chi connectivity index (χ3n) is 2.97. The Kier molecular flexibility index (Phi) is 6.52. The lowest BCUT2D eigenvalue weighted by Crippen LogP contribution is -2.40. The largest absolute Gasteiger partial charge is 0.506 e. The molecule has 2 amide bonds. The summed E-state index contributed by atoms with van der Waals surface area (Å²) in [6, 6.07) is 6.26. The molecule has 0 aliphatic carbocycles. The Balaban J connectivity index is 2.40. The number of benzene rings is 1. The van der Waals surface area contributed by atoms with Gasteiger partial charge in [-0.05, 0) is 25.2 Å². The summed E-state index contributed by atoms with van der Waals surface area (Å²) in [5.41, 5.74) is 0.219. The fourth-order valence-corrected chi connectivity index (χ4v) is 1.71. The maximum atomic E-state index is 11.6. The molecule has 0 aliphatic rings. The molecule has 0 radical (unpaired) electrons. The number of phenols is 1. The zero-order chi connectivity index (χ0) is 15.0. The van der Waals surface area contributed by atoms with E-state index in [9.17, 15) is 14.7 Å². The van der Waals surface area contributed by atoms with Crippen molar-refractivity contribution >= 4 is 17.5 Å². The average molecular weight is 279 g/mol. The minimum Gasteiger partial charge on any atom is -0.506 e. The van der Waals surface area contributed by atoms with Crippen LogP contribution in [0.5, 0.6) is 5.75 Å². The van der Waals surface area contributed by atoms with E-state index in [0.29, 0.717) is 13.1 Å². The van der Waals surface area contributed by atoms with Crippen molar-refractivity contribution < 1.29 is 14.7 Å². The van der Waals surface area contributed by atoms with Crippen LogP contribution in [0.1, 0.15) is 13.8 Å². The van der Waals surface area contributed by atoms with Gasteiger partial charge in [0.25, 0.3) is 0 Å². The number of rotatable bonds is 6. The van der Waals surface area contributed by atoms with E-state index < -0.39 is 11.8 Å². The third kappa shape index (κ3) is 4.89. The smallest absolute Gasteiger partial charge is 0.313 e. The number of nitrogens with one attached hydrogen (secondary N) is 2. The van der Waals surface area contributed by atoms with Crippen LogP contribution in [0.25, 0.3) is 0 Å². The lowest BCUT2D eigenvalue weighted by Gasteiger charge is -2.17. The summed E-state index contributed by atoms with van der Waals surface area (Å²) in [7, 11) is 0. The van der Waals surface area contributed by atoms with Crippen LogP contribution in [-0.2, 0) is 9.59 Å². The van der Waals surface area contributed by atoms with Crippen LogP contribution in [0.4, 0.5) is 5.69 Å². The molecule has 6 nitrogen and oxygen atoms in total. The van der Waals surface area contributed by atoms with Crippen molar-refractivity contribution in [1.82, 2.24) is 10.2 Å². The van der Waals surface area contributed by atoms with Crippen molar-refractivity contribution in [2.75, 3.05) is 31.5 Å². The number of hydrogen-bond acceptors (Lipinski definition) is 4. The lowest BCUT2D eigenvalue weighted by molar-refractivity contribution is -0.136. The normalized spacial score (nSPS) is 10.3. The number of anilines is 1. The minimum absolute atomic E-state index is 0.0724. The topological polar surface area (TPSA) is 81.7 Å². The van der Waals surface area contributed by atoms with Gasteiger partial charge in [-0.25, -0.2) is 0 Å². The quantitative estimate of drug-likeness (QED) is 0.531. The third-order valence-corrected chi connectivity index (χ3v) is 2.97. The van der Waals surface area contributed by atoms with Crippen molar-refractivity contribution in [3.63, 3.8) is 0 Å². The van der Waals surface area contributed by atoms with Crippen LogP contribution < -0.4 is 10.6 Å². The summed E-state index contributed by atoms with van der Waals surface area (Å²) in [6.07, 6.45) is 0. The van der Waals surface area contributed by atoms with Crippen molar-refractivity contribution in [2.24, 2.45) is 0 Å². The summed E-state index contributed by atoms with van der Waals surface area (Å²) >= 11 is 0. The second-order valence-electron chi connectivity index (χ2n) is 4.25. The molecule has 0 bridgehead atoms. The van der Waals surface area contributed by atoms with Crippen LogP contribution in [0.15, 0.2) is 24.3 Å². The van der Waals surface area contributed by atoms with Gasteiger partial charge in [-0.2, -0.15) is 0 Å². The Labute approximate surface area is 118 Å². The molecule has 1 aromatic carbocycles. The summed E-state index contributed by atoms with van der Waals surface area (Å²) in [5.74, 6) is -1.57. The average Bonchev–Trinajstić information content (AvgIpc) is 2.45. The van der Waals surface area contributed by atoms with Crippen molar-refractivity contribution in [1.29, 1.82) is 0 Å². The molecule has 20 heavy (non-hydrogen) atoms. The summed E-state index contributed by atoms with van der Waals surface area (Å²) < 4.78 is 0. The van der Waals surface area contributed by atoms with Gasteiger partial charge in [0.15, 0.2) is 0 Å². The number of aromatic hydroxyl groups is 1. The van der Waals surface area contributed by atoms with Crippen molar-refractivity contribution in [2.45, 2.75) is 13.8 Å².